The highest BCUT2D eigenvalue weighted by molar-refractivity contribution is 6.05. The van der Waals surface area contributed by atoms with Crippen molar-refractivity contribution >= 4 is 11.7 Å². The van der Waals surface area contributed by atoms with Crippen molar-refractivity contribution in [2.24, 2.45) is 0 Å². The topological polar surface area (TPSA) is 46.2 Å². The van der Waals surface area contributed by atoms with Crippen LogP contribution in [0, 0.1) is 6.92 Å². The van der Waals surface area contributed by atoms with Crippen molar-refractivity contribution in [2.45, 2.75) is 26.7 Å². The second-order valence-corrected chi connectivity index (χ2v) is 4.92. The van der Waals surface area contributed by atoms with E-state index in [0.717, 1.165) is 11.1 Å². The van der Waals surface area contributed by atoms with E-state index < -0.39 is 0 Å². The predicted molar refractivity (Wildman–Crippen MR) is 74.6 cm³/mol. The molecule has 1 unspecified atom stereocenters. The molecule has 0 radical (unpaired) electrons. The number of hydrogen-bond donors (Lipinski definition) is 1. The van der Waals surface area contributed by atoms with E-state index in [1.165, 1.54) is 6.92 Å². The van der Waals surface area contributed by atoms with Crippen molar-refractivity contribution in [3.8, 4) is 0 Å². The third-order valence-corrected chi connectivity index (χ3v) is 3.42. The van der Waals surface area contributed by atoms with Gasteiger partial charge in [-0.2, -0.15) is 0 Å². The molecule has 0 saturated carbocycles. The molecule has 0 aliphatic carbocycles. The lowest BCUT2D eigenvalue weighted by atomic mass is 9.80. The Morgan fingerprint density at radius 3 is 2.32 bits per heavy atom. The Kier molecular flexibility index (Phi) is 3.38. The summed E-state index contributed by atoms with van der Waals surface area (Å²) < 4.78 is 0. The molecular formula is C16H17NO2. The zero-order valence-electron chi connectivity index (χ0n) is 11.4. The average molecular weight is 255 g/mol. The Labute approximate surface area is 113 Å². The van der Waals surface area contributed by atoms with Gasteiger partial charge >= 0.3 is 0 Å². The van der Waals surface area contributed by atoms with Crippen LogP contribution >= 0.6 is 0 Å². The van der Waals surface area contributed by atoms with Gasteiger partial charge in [0.1, 0.15) is 0 Å². The molecule has 1 aromatic rings. The molecule has 3 nitrogen and oxygen atoms in total. The van der Waals surface area contributed by atoms with Crippen molar-refractivity contribution in [3.05, 3.63) is 58.8 Å². The molecule has 98 valence electrons. The number of Topliss-reactive ketones (excluding diaryl/α,β-unsaturated/α-hetero) is 1. The molecule has 1 aliphatic heterocycles. The summed E-state index contributed by atoms with van der Waals surface area (Å²) in [7, 11) is 0. The third-order valence-electron chi connectivity index (χ3n) is 3.42. The van der Waals surface area contributed by atoms with Gasteiger partial charge in [0.05, 0.1) is 0 Å². The maximum Gasteiger partial charge on any atom is 0.251 e. The highest BCUT2D eigenvalue weighted by Crippen LogP contribution is 2.36. The predicted octanol–water partition coefficient (Wildman–Crippen LogP) is 2.63. The van der Waals surface area contributed by atoms with Crippen molar-refractivity contribution in [1.82, 2.24) is 5.32 Å². The van der Waals surface area contributed by atoms with E-state index in [4.69, 9.17) is 0 Å². The maximum absolute atomic E-state index is 11.9. The number of benzene rings is 1. The lowest BCUT2D eigenvalue weighted by molar-refractivity contribution is -0.117. The lowest BCUT2D eigenvalue weighted by Gasteiger charge is -2.28. The number of allylic oxidation sites excluding steroid dienone is 2. The molecule has 2 rings (SSSR count). The van der Waals surface area contributed by atoms with Crippen LogP contribution < -0.4 is 5.32 Å². The van der Waals surface area contributed by atoms with Gasteiger partial charge in [-0.25, -0.2) is 0 Å². The zero-order chi connectivity index (χ0) is 14.2. The Morgan fingerprint density at radius 1 is 1.21 bits per heavy atom. The van der Waals surface area contributed by atoms with Crippen LogP contribution in [0.3, 0.4) is 0 Å². The molecule has 0 spiro atoms. The number of rotatable bonds is 2. The highest BCUT2D eigenvalue weighted by Gasteiger charge is 2.32. The van der Waals surface area contributed by atoms with Gasteiger partial charge < -0.3 is 5.32 Å². The van der Waals surface area contributed by atoms with Crippen molar-refractivity contribution < 1.29 is 9.59 Å². The van der Waals surface area contributed by atoms with Gasteiger partial charge in [-0.3, -0.25) is 9.59 Å². The zero-order valence-corrected chi connectivity index (χ0v) is 11.4. The van der Waals surface area contributed by atoms with Crippen molar-refractivity contribution in [3.63, 3.8) is 0 Å². The molecule has 0 aromatic heterocycles. The van der Waals surface area contributed by atoms with Crippen LogP contribution in [0.1, 0.15) is 30.9 Å². The van der Waals surface area contributed by atoms with Crippen molar-refractivity contribution in [1.29, 1.82) is 0 Å². The Morgan fingerprint density at radius 2 is 1.79 bits per heavy atom. The standard InChI is InChI=1S/C16H17NO2/c1-9-5-7-13(8-6-9)14-10(2)16(19)17-11(3)15(14)12(4)18/h5-8,14H,2H2,1,3-4H3,(H,17,19). The minimum atomic E-state index is -0.341. The fourth-order valence-corrected chi connectivity index (χ4v) is 2.43. The molecule has 1 heterocycles. The summed E-state index contributed by atoms with van der Waals surface area (Å²) in [5.74, 6) is -0.593. The minimum Gasteiger partial charge on any atom is -0.326 e. The monoisotopic (exact) mass is 255 g/mol. The molecule has 3 heteroatoms. The molecule has 0 bridgehead atoms. The fraction of sp³-hybridized carbons (Fsp3) is 0.250. The summed E-state index contributed by atoms with van der Waals surface area (Å²) in [6.07, 6.45) is 0. The van der Waals surface area contributed by atoms with Crippen LogP contribution in [-0.4, -0.2) is 11.7 Å². The molecule has 0 fully saturated rings. The molecule has 1 aromatic carbocycles. The molecule has 19 heavy (non-hydrogen) atoms. The Hall–Kier alpha value is -2.16. The van der Waals surface area contributed by atoms with E-state index in [1.807, 2.05) is 31.2 Å². The molecule has 1 aliphatic rings. The summed E-state index contributed by atoms with van der Waals surface area (Å²) in [4.78, 5) is 23.7. The van der Waals surface area contributed by atoms with Crippen molar-refractivity contribution in [2.75, 3.05) is 0 Å². The number of nitrogens with one attached hydrogen (secondary N) is 1. The number of carbonyl (C=O) groups excluding carboxylic acids is 2. The van der Waals surface area contributed by atoms with Crippen LogP contribution in [0.15, 0.2) is 47.7 Å². The van der Waals surface area contributed by atoms with Gasteiger partial charge in [0.15, 0.2) is 5.78 Å². The smallest absolute Gasteiger partial charge is 0.251 e. The van der Waals surface area contributed by atoms with E-state index in [1.54, 1.807) is 6.92 Å². The van der Waals surface area contributed by atoms with Crippen LogP contribution in [0.5, 0.6) is 0 Å². The Bertz CT molecular complexity index is 594. The summed E-state index contributed by atoms with van der Waals surface area (Å²) in [5.41, 5.74) is 3.72. The van der Waals surface area contributed by atoms with Crippen LogP contribution in [0.4, 0.5) is 0 Å². The summed E-state index contributed by atoms with van der Waals surface area (Å²) in [6, 6.07) is 7.84. The quantitative estimate of drug-likeness (QED) is 0.826. The first-order valence-electron chi connectivity index (χ1n) is 6.20. The number of amides is 1. The normalized spacial score (nSPS) is 19.4. The SMILES string of the molecule is C=C1C(=O)NC(C)=C(C(C)=O)C1c1ccc(C)cc1. The molecule has 0 saturated heterocycles. The first-order chi connectivity index (χ1) is 8.91. The van der Waals surface area contributed by atoms with Gasteiger partial charge in [0.2, 0.25) is 0 Å². The molecule has 1 atom stereocenters. The number of hydrogen-bond acceptors (Lipinski definition) is 2. The van der Waals surface area contributed by atoms with Gasteiger partial charge in [-0.1, -0.05) is 36.4 Å². The highest BCUT2D eigenvalue weighted by atomic mass is 16.2. The second kappa shape index (κ2) is 4.84. The van der Waals surface area contributed by atoms with E-state index >= 15 is 0 Å². The first kappa shape index (κ1) is 13.3. The summed E-state index contributed by atoms with van der Waals surface area (Å²) in [5, 5.41) is 2.69. The largest absolute Gasteiger partial charge is 0.326 e. The Balaban J connectivity index is 2.58. The van der Waals surface area contributed by atoms with Crippen LogP contribution in [0.25, 0.3) is 0 Å². The molecule has 1 N–H and O–H groups in total. The third kappa shape index (κ3) is 2.36. The molecular weight excluding hydrogens is 238 g/mol. The number of aryl methyl sites for hydroxylation is 1. The van der Waals surface area contributed by atoms with Crippen LogP contribution in [-0.2, 0) is 9.59 Å². The van der Waals surface area contributed by atoms with E-state index in [2.05, 4.69) is 11.9 Å². The second-order valence-electron chi connectivity index (χ2n) is 4.92. The minimum absolute atomic E-state index is 0.0378. The van der Waals surface area contributed by atoms with E-state index in [0.29, 0.717) is 16.8 Å². The van der Waals surface area contributed by atoms with Crippen LogP contribution in [0.2, 0.25) is 0 Å². The average Bonchev–Trinajstić information content (AvgIpc) is 2.34. The first-order valence-corrected chi connectivity index (χ1v) is 6.20. The maximum atomic E-state index is 11.9. The summed E-state index contributed by atoms with van der Waals surface area (Å²) in [6.45, 7) is 9.11. The number of carbonyl (C=O) groups is 2. The summed E-state index contributed by atoms with van der Waals surface area (Å²) >= 11 is 0. The van der Waals surface area contributed by atoms with Gasteiger partial charge in [0, 0.05) is 22.8 Å². The van der Waals surface area contributed by atoms with Gasteiger partial charge in [-0.05, 0) is 26.3 Å². The van der Waals surface area contributed by atoms with Gasteiger partial charge in [-0.15, -0.1) is 0 Å². The van der Waals surface area contributed by atoms with E-state index in [9.17, 15) is 9.59 Å². The number of ketones is 1. The van der Waals surface area contributed by atoms with E-state index in [-0.39, 0.29) is 17.6 Å². The molecule has 1 amide bonds. The lowest BCUT2D eigenvalue weighted by Crippen LogP contribution is -2.35. The fourth-order valence-electron chi connectivity index (χ4n) is 2.43. The van der Waals surface area contributed by atoms with Gasteiger partial charge in [0.25, 0.3) is 5.91 Å².